The van der Waals surface area contributed by atoms with Gasteiger partial charge in [0.15, 0.2) is 11.5 Å². The number of piperazine rings is 2. The standard InChI is InChI=1S/C24H33FN2O4.C22H26F4N2O2/c1-28-22-17-19(18-23(29-2)24(22)30-3)5-4-10-26-11-13-27(14-12-26)15-16-31-21-8-6-20(25)7-9-21;23-19-5-9-20(10-6-19)29-17-16-28-14-12-27(13-15-28)11-1-2-18-3-7-21(8-4-18)30-22(24,25)26/h6-9,17-18H,4-5,10-16H2,1-3H3;3-10H,1-2,11-17H2. The molecule has 2 heterocycles. The summed E-state index contributed by atoms with van der Waals surface area (Å²) in [6.07, 6.45) is -0.851. The first-order valence-electron chi connectivity index (χ1n) is 20.8. The highest BCUT2D eigenvalue weighted by atomic mass is 19.4. The maximum atomic E-state index is 12.9. The lowest BCUT2D eigenvalue weighted by Gasteiger charge is -2.34. The maximum Gasteiger partial charge on any atom is 0.573 e. The summed E-state index contributed by atoms with van der Waals surface area (Å²) in [5, 5.41) is 0. The van der Waals surface area contributed by atoms with Gasteiger partial charge in [-0.2, -0.15) is 0 Å². The second-order valence-corrected chi connectivity index (χ2v) is 14.9. The molecule has 6 rings (SSSR count). The van der Waals surface area contributed by atoms with Crippen LogP contribution in [-0.4, -0.2) is 139 Å². The molecule has 0 unspecified atom stereocenters. The summed E-state index contributed by atoms with van der Waals surface area (Å²) < 4.78 is 93.9. The molecular weight excluding hydrogens is 800 g/mol. The predicted molar refractivity (Wildman–Crippen MR) is 225 cm³/mol. The Labute approximate surface area is 356 Å². The van der Waals surface area contributed by atoms with Crippen molar-refractivity contribution in [1.29, 1.82) is 0 Å². The molecule has 4 aromatic rings. The molecule has 2 saturated heterocycles. The van der Waals surface area contributed by atoms with E-state index in [0.717, 1.165) is 110 Å². The Bertz CT molecular complexity index is 1810. The molecule has 0 spiro atoms. The average molecular weight is 859 g/mol. The normalized spacial score (nSPS) is 15.4. The number of rotatable bonds is 20. The highest BCUT2D eigenvalue weighted by Gasteiger charge is 2.31. The van der Waals surface area contributed by atoms with Crippen LogP contribution in [0.5, 0.6) is 34.5 Å². The summed E-state index contributed by atoms with van der Waals surface area (Å²) in [7, 11) is 4.91. The first-order valence-corrected chi connectivity index (χ1v) is 20.8. The molecule has 0 saturated carbocycles. The van der Waals surface area contributed by atoms with Crippen LogP contribution in [0.2, 0.25) is 0 Å². The van der Waals surface area contributed by atoms with Crippen LogP contribution < -0.4 is 28.4 Å². The minimum absolute atomic E-state index is 0.189. The van der Waals surface area contributed by atoms with Crippen molar-refractivity contribution in [3.63, 3.8) is 0 Å². The van der Waals surface area contributed by atoms with Crippen molar-refractivity contribution in [2.75, 3.05) is 113 Å². The van der Waals surface area contributed by atoms with Gasteiger partial charge in [-0.25, -0.2) is 8.78 Å². The zero-order chi connectivity index (χ0) is 43.5. The van der Waals surface area contributed by atoms with E-state index in [4.69, 9.17) is 23.7 Å². The smallest absolute Gasteiger partial charge is 0.493 e. The van der Waals surface area contributed by atoms with Crippen LogP contribution in [0.4, 0.5) is 22.0 Å². The number of aryl methyl sites for hydroxylation is 2. The molecule has 0 amide bonds. The fourth-order valence-corrected chi connectivity index (χ4v) is 7.27. The van der Waals surface area contributed by atoms with Crippen LogP contribution in [0.15, 0.2) is 84.9 Å². The molecule has 0 aromatic heterocycles. The number of nitrogens with zero attached hydrogens (tertiary/aromatic N) is 4. The fraction of sp³-hybridized carbons (Fsp3) is 0.478. The summed E-state index contributed by atoms with van der Waals surface area (Å²) in [4.78, 5) is 9.67. The van der Waals surface area contributed by atoms with Gasteiger partial charge in [-0.05, 0) is 123 Å². The van der Waals surface area contributed by atoms with Gasteiger partial charge in [0, 0.05) is 65.4 Å². The first-order chi connectivity index (χ1) is 29.5. The Morgan fingerprint density at radius 2 is 0.852 bits per heavy atom. The largest absolute Gasteiger partial charge is 0.573 e. The molecule has 0 atom stereocenters. The predicted octanol–water partition coefficient (Wildman–Crippen LogP) is 7.83. The quantitative estimate of drug-likeness (QED) is 0.0823. The van der Waals surface area contributed by atoms with Gasteiger partial charge in [0.2, 0.25) is 5.75 Å². The average Bonchev–Trinajstić information content (AvgIpc) is 3.26. The minimum Gasteiger partial charge on any atom is -0.493 e. The first kappa shape index (κ1) is 47.2. The van der Waals surface area contributed by atoms with Crippen molar-refractivity contribution in [1.82, 2.24) is 19.6 Å². The Morgan fingerprint density at radius 3 is 1.23 bits per heavy atom. The van der Waals surface area contributed by atoms with Gasteiger partial charge >= 0.3 is 6.36 Å². The van der Waals surface area contributed by atoms with Gasteiger partial charge in [-0.15, -0.1) is 13.2 Å². The van der Waals surface area contributed by atoms with Crippen molar-refractivity contribution in [3.05, 3.63) is 108 Å². The van der Waals surface area contributed by atoms with Gasteiger partial charge in [0.05, 0.1) is 21.3 Å². The Balaban J connectivity index is 0.000000231. The van der Waals surface area contributed by atoms with Crippen molar-refractivity contribution in [3.8, 4) is 34.5 Å². The van der Waals surface area contributed by atoms with Crippen LogP contribution >= 0.6 is 0 Å². The van der Waals surface area contributed by atoms with E-state index in [9.17, 15) is 22.0 Å². The number of hydrogen-bond donors (Lipinski definition) is 0. The van der Waals surface area contributed by atoms with E-state index in [0.29, 0.717) is 42.0 Å². The molecule has 2 fully saturated rings. The van der Waals surface area contributed by atoms with Crippen LogP contribution in [0.25, 0.3) is 0 Å². The van der Waals surface area contributed by atoms with E-state index in [1.165, 1.54) is 42.0 Å². The molecular formula is C46H59F5N4O6. The number of alkyl halides is 3. The lowest BCUT2D eigenvalue weighted by Crippen LogP contribution is -2.47. The molecule has 61 heavy (non-hydrogen) atoms. The second kappa shape index (κ2) is 24.6. The molecule has 2 aliphatic rings. The summed E-state index contributed by atoms with van der Waals surface area (Å²) in [5.41, 5.74) is 2.19. The molecule has 0 aliphatic carbocycles. The van der Waals surface area contributed by atoms with Crippen molar-refractivity contribution in [2.24, 2.45) is 0 Å². The maximum absolute atomic E-state index is 12.9. The molecule has 334 valence electrons. The Morgan fingerprint density at radius 1 is 0.475 bits per heavy atom. The zero-order valence-corrected chi connectivity index (χ0v) is 35.4. The summed E-state index contributed by atoms with van der Waals surface area (Å²) in [6, 6.07) is 22.3. The summed E-state index contributed by atoms with van der Waals surface area (Å²) in [6.45, 7) is 13.0. The third-order valence-electron chi connectivity index (χ3n) is 10.7. The van der Waals surface area contributed by atoms with Crippen LogP contribution in [-0.2, 0) is 12.8 Å². The molecule has 4 aromatic carbocycles. The third-order valence-corrected chi connectivity index (χ3v) is 10.7. The van der Waals surface area contributed by atoms with E-state index < -0.39 is 6.36 Å². The lowest BCUT2D eigenvalue weighted by atomic mass is 10.1. The highest BCUT2D eigenvalue weighted by molar-refractivity contribution is 5.53. The fourth-order valence-electron chi connectivity index (χ4n) is 7.27. The van der Waals surface area contributed by atoms with Gasteiger partial charge < -0.3 is 38.2 Å². The van der Waals surface area contributed by atoms with Crippen LogP contribution in [0, 0.1) is 11.6 Å². The Hall–Kier alpha value is -4.83. The zero-order valence-electron chi connectivity index (χ0n) is 35.4. The van der Waals surface area contributed by atoms with Gasteiger partial charge in [-0.1, -0.05) is 12.1 Å². The van der Waals surface area contributed by atoms with Crippen LogP contribution in [0.3, 0.4) is 0 Å². The molecule has 0 N–H and O–H groups in total. The number of benzene rings is 4. The molecule has 0 bridgehead atoms. The van der Waals surface area contributed by atoms with E-state index >= 15 is 0 Å². The van der Waals surface area contributed by atoms with Gasteiger partial charge in [-0.3, -0.25) is 9.80 Å². The SMILES string of the molecule is COc1cc(CCCN2CCN(CCOc3ccc(F)cc3)CC2)cc(OC)c1OC.Fc1ccc(OCCN2CCN(CCCc3ccc(OC(F)(F)F)cc3)CC2)cc1. The summed E-state index contributed by atoms with van der Waals surface area (Å²) >= 11 is 0. The number of halogens is 5. The Kier molecular flexibility index (Phi) is 19.0. The molecule has 15 heteroatoms. The van der Waals surface area contributed by atoms with Crippen LogP contribution in [0.1, 0.15) is 24.0 Å². The third kappa shape index (κ3) is 16.9. The van der Waals surface area contributed by atoms with Crippen molar-refractivity contribution < 1.29 is 50.4 Å². The van der Waals surface area contributed by atoms with E-state index in [2.05, 4.69) is 24.3 Å². The highest BCUT2D eigenvalue weighted by Crippen LogP contribution is 2.38. The lowest BCUT2D eigenvalue weighted by molar-refractivity contribution is -0.274. The van der Waals surface area contributed by atoms with Crippen molar-refractivity contribution >= 4 is 0 Å². The number of methoxy groups -OCH3 is 3. The van der Waals surface area contributed by atoms with Crippen molar-refractivity contribution in [2.45, 2.75) is 32.0 Å². The monoisotopic (exact) mass is 858 g/mol. The minimum atomic E-state index is -4.66. The van der Waals surface area contributed by atoms with Gasteiger partial charge in [0.1, 0.15) is 42.1 Å². The molecule has 0 radical (unpaired) electrons. The van der Waals surface area contributed by atoms with Gasteiger partial charge in [0.25, 0.3) is 0 Å². The topological polar surface area (TPSA) is 68.3 Å². The number of hydrogen-bond acceptors (Lipinski definition) is 10. The van der Waals surface area contributed by atoms with E-state index in [1.807, 2.05) is 12.1 Å². The number of ether oxygens (including phenoxy) is 6. The summed E-state index contributed by atoms with van der Waals surface area (Å²) in [5.74, 6) is 2.72. The second-order valence-electron chi connectivity index (χ2n) is 14.9. The molecule has 10 nitrogen and oxygen atoms in total. The van der Waals surface area contributed by atoms with E-state index in [-0.39, 0.29) is 17.4 Å². The van der Waals surface area contributed by atoms with E-state index in [1.54, 1.807) is 57.7 Å². The molecule has 2 aliphatic heterocycles.